The van der Waals surface area contributed by atoms with Crippen molar-refractivity contribution in [3.63, 3.8) is 0 Å². The van der Waals surface area contributed by atoms with Crippen LogP contribution in [0, 0.1) is 5.92 Å². The van der Waals surface area contributed by atoms with E-state index in [9.17, 15) is 5.11 Å². The van der Waals surface area contributed by atoms with Crippen LogP contribution in [0.1, 0.15) is 44.6 Å². The second-order valence-corrected chi connectivity index (χ2v) is 4.98. The van der Waals surface area contributed by atoms with Gasteiger partial charge in [-0.3, -0.25) is 4.99 Å². The summed E-state index contributed by atoms with van der Waals surface area (Å²) >= 11 is 0. The second kappa shape index (κ2) is 5.85. The van der Waals surface area contributed by atoms with Gasteiger partial charge in [0.15, 0.2) is 0 Å². The molecular weight excluding hydrogens is 210 g/mol. The van der Waals surface area contributed by atoms with Gasteiger partial charge in [0.05, 0.1) is 0 Å². The van der Waals surface area contributed by atoms with Gasteiger partial charge in [-0.05, 0) is 37.8 Å². The average molecular weight is 231 g/mol. The van der Waals surface area contributed by atoms with Gasteiger partial charge in [0.25, 0.3) is 0 Å². The highest BCUT2D eigenvalue weighted by atomic mass is 16.3. The summed E-state index contributed by atoms with van der Waals surface area (Å²) in [6.07, 6.45) is 8.50. The van der Waals surface area contributed by atoms with Crippen molar-refractivity contribution < 1.29 is 5.11 Å². The molecule has 0 aliphatic heterocycles. The monoisotopic (exact) mass is 231 g/mol. The van der Waals surface area contributed by atoms with Crippen LogP contribution >= 0.6 is 0 Å². The van der Waals surface area contributed by atoms with Gasteiger partial charge in [0.1, 0.15) is 5.75 Å². The van der Waals surface area contributed by atoms with Crippen LogP contribution < -0.4 is 0 Å². The molecule has 0 saturated heterocycles. The Bertz CT molecular complexity index is 380. The fraction of sp³-hybridized carbons (Fsp3) is 0.533. The Morgan fingerprint density at radius 3 is 2.65 bits per heavy atom. The Morgan fingerprint density at radius 1 is 1.24 bits per heavy atom. The van der Waals surface area contributed by atoms with Crippen molar-refractivity contribution in [2.24, 2.45) is 10.9 Å². The largest absolute Gasteiger partial charge is 0.507 e. The molecule has 0 amide bonds. The van der Waals surface area contributed by atoms with Crippen LogP contribution in [-0.2, 0) is 0 Å². The van der Waals surface area contributed by atoms with Crippen molar-refractivity contribution in [1.29, 1.82) is 0 Å². The first-order valence-corrected chi connectivity index (χ1v) is 6.58. The van der Waals surface area contributed by atoms with Crippen molar-refractivity contribution in [3.8, 4) is 5.75 Å². The summed E-state index contributed by atoms with van der Waals surface area (Å²) in [5.74, 6) is 1.04. The van der Waals surface area contributed by atoms with Crippen LogP contribution in [0.5, 0.6) is 5.75 Å². The van der Waals surface area contributed by atoms with Gasteiger partial charge in [-0.2, -0.15) is 0 Å². The topological polar surface area (TPSA) is 32.6 Å². The molecule has 92 valence electrons. The number of phenols is 1. The minimum absolute atomic E-state index is 0.312. The first-order chi connectivity index (χ1) is 8.27. The van der Waals surface area contributed by atoms with E-state index >= 15 is 0 Å². The van der Waals surface area contributed by atoms with Gasteiger partial charge in [0.2, 0.25) is 0 Å². The lowest BCUT2D eigenvalue weighted by molar-refractivity contribution is 0.318. The predicted octanol–water partition coefficient (Wildman–Crippen LogP) is 3.78. The Morgan fingerprint density at radius 2 is 1.94 bits per heavy atom. The first-order valence-electron chi connectivity index (χ1n) is 6.58. The third-order valence-electron chi connectivity index (χ3n) is 3.72. The molecule has 1 aliphatic carbocycles. The molecule has 2 nitrogen and oxygen atoms in total. The summed E-state index contributed by atoms with van der Waals surface area (Å²) in [4.78, 5) is 4.59. The molecular formula is C15H21NO. The van der Waals surface area contributed by atoms with Gasteiger partial charge in [-0.25, -0.2) is 0 Å². The van der Waals surface area contributed by atoms with Crippen LogP contribution in [0.15, 0.2) is 29.3 Å². The van der Waals surface area contributed by atoms with E-state index in [1.165, 1.54) is 32.1 Å². The lowest BCUT2D eigenvalue weighted by Gasteiger charge is -2.24. The van der Waals surface area contributed by atoms with E-state index in [2.05, 4.69) is 11.9 Å². The summed E-state index contributed by atoms with van der Waals surface area (Å²) in [7, 11) is 0. The molecule has 0 radical (unpaired) electrons. The molecule has 0 aromatic heterocycles. The molecule has 2 rings (SSSR count). The maximum atomic E-state index is 9.64. The standard InChI is InChI=1S/C15H21NO/c1-12(13-7-3-2-4-8-13)16-11-14-9-5-6-10-15(14)17/h5-6,9-13,17H,2-4,7-8H2,1H3. The number of nitrogens with zero attached hydrogens (tertiary/aromatic N) is 1. The predicted molar refractivity (Wildman–Crippen MR) is 71.7 cm³/mol. The van der Waals surface area contributed by atoms with Crippen LogP contribution in [0.4, 0.5) is 0 Å². The van der Waals surface area contributed by atoms with Crippen LogP contribution in [0.2, 0.25) is 0 Å². The highest BCUT2D eigenvalue weighted by molar-refractivity contribution is 5.83. The number of benzene rings is 1. The van der Waals surface area contributed by atoms with E-state index in [1.807, 2.05) is 24.4 Å². The molecule has 1 atom stereocenters. The van der Waals surface area contributed by atoms with E-state index in [-0.39, 0.29) is 0 Å². The Balaban J connectivity index is 1.97. The minimum atomic E-state index is 0.312. The molecule has 1 saturated carbocycles. The average Bonchev–Trinajstić information content (AvgIpc) is 2.38. The number of aliphatic imine (C=N–C) groups is 1. The highest BCUT2D eigenvalue weighted by Crippen LogP contribution is 2.27. The maximum absolute atomic E-state index is 9.64. The van der Waals surface area contributed by atoms with Gasteiger partial charge >= 0.3 is 0 Å². The minimum Gasteiger partial charge on any atom is -0.507 e. The Hall–Kier alpha value is -1.31. The molecule has 1 N–H and O–H groups in total. The van der Waals surface area contributed by atoms with Gasteiger partial charge in [-0.1, -0.05) is 31.4 Å². The molecule has 1 unspecified atom stereocenters. The Kier molecular flexibility index (Phi) is 4.18. The van der Waals surface area contributed by atoms with E-state index < -0.39 is 0 Å². The molecule has 2 heteroatoms. The molecule has 1 aliphatic rings. The normalized spacial score (nSPS) is 19.6. The number of phenolic OH excluding ortho intramolecular Hbond substituents is 1. The van der Waals surface area contributed by atoms with Crippen molar-refractivity contribution >= 4 is 6.21 Å². The lowest BCUT2D eigenvalue weighted by atomic mass is 9.85. The van der Waals surface area contributed by atoms with E-state index in [0.29, 0.717) is 11.8 Å². The first kappa shape index (κ1) is 12.2. The third-order valence-corrected chi connectivity index (χ3v) is 3.72. The number of aromatic hydroxyl groups is 1. The number of rotatable bonds is 3. The zero-order valence-corrected chi connectivity index (χ0v) is 10.5. The SMILES string of the molecule is CC(N=Cc1ccccc1O)C1CCCCC1. The summed E-state index contributed by atoms with van der Waals surface area (Å²) in [5, 5.41) is 9.64. The summed E-state index contributed by atoms with van der Waals surface area (Å²) in [6, 6.07) is 7.72. The van der Waals surface area contributed by atoms with Crippen LogP contribution in [0.25, 0.3) is 0 Å². The zero-order valence-electron chi connectivity index (χ0n) is 10.5. The van der Waals surface area contributed by atoms with Gasteiger partial charge in [-0.15, -0.1) is 0 Å². The van der Waals surface area contributed by atoms with E-state index in [4.69, 9.17) is 0 Å². The molecule has 0 spiro atoms. The third kappa shape index (κ3) is 3.32. The van der Waals surface area contributed by atoms with Crippen molar-refractivity contribution in [2.75, 3.05) is 0 Å². The summed E-state index contributed by atoms with van der Waals surface area (Å²) in [6.45, 7) is 2.19. The molecule has 0 bridgehead atoms. The van der Waals surface area contributed by atoms with Gasteiger partial charge in [0, 0.05) is 17.8 Å². The fourth-order valence-electron chi connectivity index (χ4n) is 2.53. The molecule has 1 fully saturated rings. The quantitative estimate of drug-likeness (QED) is 0.789. The Labute approximate surface area is 103 Å². The second-order valence-electron chi connectivity index (χ2n) is 4.98. The van der Waals surface area contributed by atoms with Gasteiger partial charge < -0.3 is 5.11 Å². The molecule has 0 heterocycles. The fourth-order valence-corrected chi connectivity index (χ4v) is 2.53. The molecule has 1 aromatic rings. The van der Waals surface area contributed by atoms with Crippen LogP contribution in [-0.4, -0.2) is 17.4 Å². The lowest BCUT2D eigenvalue weighted by Crippen LogP contribution is -2.18. The zero-order chi connectivity index (χ0) is 12.1. The van der Waals surface area contributed by atoms with E-state index in [1.54, 1.807) is 6.07 Å². The summed E-state index contributed by atoms with van der Waals surface area (Å²) in [5.41, 5.74) is 0.815. The molecule has 17 heavy (non-hydrogen) atoms. The van der Waals surface area contributed by atoms with E-state index in [0.717, 1.165) is 11.5 Å². The number of hydrogen-bond acceptors (Lipinski definition) is 2. The van der Waals surface area contributed by atoms with Crippen molar-refractivity contribution in [1.82, 2.24) is 0 Å². The van der Waals surface area contributed by atoms with Crippen molar-refractivity contribution in [2.45, 2.75) is 45.1 Å². The smallest absolute Gasteiger partial charge is 0.124 e. The van der Waals surface area contributed by atoms with Crippen molar-refractivity contribution in [3.05, 3.63) is 29.8 Å². The number of para-hydroxylation sites is 1. The summed E-state index contributed by atoms with van der Waals surface area (Å²) < 4.78 is 0. The number of hydrogen-bond donors (Lipinski definition) is 1. The van der Waals surface area contributed by atoms with Crippen LogP contribution in [0.3, 0.4) is 0 Å². The molecule has 1 aromatic carbocycles. The highest BCUT2D eigenvalue weighted by Gasteiger charge is 2.18. The maximum Gasteiger partial charge on any atom is 0.124 e.